The molecule has 1 fully saturated rings. The molecule has 0 heterocycles. The molecule has 0 saturated heterocycles. The van der Waals surface area contributed by atoms with Crippen LogP contribution in [0.25, 0.3) is 0 Å². The van der Waals surface area contributed by atoms with Gasteiger partial charge in [0.2, 0.25) is 10.0 Å². The fourth-order valence-corrected chi connectivity index (χ4v) is 3.68. The predicted octanol–water partition coefficient (Wildman–Crippen LogP) is 2.69. The van der Waals surface area contributed by atoms with Gasteiger partial charge in [-0.05, 0) is 25.0 Å². The molecule has 0 atom stereocenters. The zero-order valence-electron chi connectivity index (χ0n) is 12.9. The highest BCUT2D eigenvalue weighted by molar-refractivity contribution is 7.89. The lowest BCUT2D eigenvalue weighted by Gasteiger charge is -2.24. The van der Waals surface area contributed by atoms with Crippen molar-refractivity contribution in [3.63, 3.8) is 0 Å². The lowest BCUT2D eigenvalue weighted by Crippen LogP contribution is -2.24. The van der Waals surface area contributed by atoms with E-state index in [1.807, 2.05) is 6.07 Å². The van der Waals surface area contributed by atoms with E-state index in [0.29, 0.717) is 11.8 Å². The Balaban J connectivity index is 2.24. The minimum absolute atomic E-state index is 0.198. The molecule has 21 heavy (non-hydrogen) atoms. The quantitative estimate of drug-likeness (QED) is 0.908. The van der Waals surface area contributed by atoms with E-state index in [2.05, 4.69) is 5.32 Å². The largest absolute Gasteiger partial charge is 0.495 e. The Labute approximate surface area is 127 Å². The molecule has 1 aromatic carbocycles. The summed E-state index contributed by atoms with van der Waals surface area (Å²) in [5.74, 6) is 0.379. The van der Waals surface area contributed by atoms with E-state index in [1.54, 1.807) is 12.1 Å². The number of hydrogen-bond acceptors (Lipinski definition) is 4. The fraction of sp³-hybridized carbons (Fsp3) is 0.600. The molecule has 0 unspecified atom stereocenters. The molecule has 1 saturated carbocycles. The molecular weight excluding hydrogens is 288 g/mol. The summed E-state index contributed by atoms with van der Waals surface area (Å²) in [6.45, 7) is 0. The fourth-order valence-electron chi connectivity index (χ4n) is 2.65. The van der Waals surface area contributed by atoms with Gasteiger partial charge < -0.3 is 10.1 Å². The minimum atomic E-state index is -3.49. The Kier molecular flexibility index (Phi) is 5.11. The topological polar surface area (TPSA) is 58.6 Å². The Bertz CT molecular complexity index is 579. The maximum Gasteiger partial charge on any atom is 0.246 e. The number of benzene rings is 1. The molecule has 1 N–H and O–H groups in total. The van der Waals surface area contributed by atoms with Crippen molar-refractivity contribution in [2.45, 2.75) is 43.0 Å². The average molecular weight is 312 g/mol. The van der Waals surface area contributed by atoms with Gasteiger partial charge in [0.25, 0.3) is 0 Å². The summed E-state index contributed by atoms with van der Waals surface area (Å²) < 4.78 is 30.9. The van der Waals surface area contributed by atoms with Crippen LogP contribution in [-0.4, -0.2) is 40.0 Å². The minimum Gasteiger partial charge on any atom is -0.495 e. The number of sulfonamides is 1. The van der Waals surface area contributed by atoms with Gasteiger partial charge in [-0.25, -0.2) is 12.7 Å². The van der Waals surface area contributed by atoms with Gasteiger partial charge in [-0.15, -0.1) is 0 Å². The van der Waals surface area contributed by atoms with Crippen molar-refractivity contribution in [2.24, 2.45) is 0 Å². The van der Waals surface area contributed by atoms with Crippen LogP contribution in [0.15, 0.2) is 23.1 Å². The van der Waals surface area contributed by atoms with E-state index in [-0.39, 0.29) is 4.90 Å². The van der Waals surface area contributed by atoms with Gasteiger partial charge in [0.05, 0.1) is 7.11 Å². The summed E-state index contributed by atoms with van der Waals surface area (Å²) in [5, 5.41) is 3.48. The number of hydrogen-bond donors (Lipinski definition) is 1. The zero-order chi connectivity index (χ0) is 15.5. The SMILES string of the molecule is COc1cc(NC2CCCCC2)ccc1S(=O)(=O)N(C)C. The van der Waals surface area contributed by atoms with Crippen molar-refractivity contribution in [2.75, 3.05) is 26.5 Å². The highest BCUT2D eigenvalue weighted by Gasteiger charge is 2.22. The standard InChI is InChI=1S/C15H24N2O3S/c1-17(2)21(18,19)15-10-9-13(11-14(15)20-3)16-12-7-5-4-6-8-12/h9-12,16H,4-8H2,1-3H3. The summed E-state index contributed by atoms with van der Waals surface area (Å²) in [4.78, 5) is 0.198. The van der Waals surface area contributed by atoms with Gasteiger partial charge in [-0.2, -0.15) is 0 Å². The number of nitrogens with zero attached hydrogens (tertiary/aromatic N) is 1. The normalized spacial score (nSPS) is 17.0. The number of nitrogens with one attached hydrogen (secondary N) is 1. The molecule has 0 bridgehead atoms. The first-order chi connectivity index (χ1) is 9.95. The first kappa shape index (κ1) is 16.1. The van der Waals surface area contributed by atoms with Crippen LogP contribution in [0.1, 0.15) is 32.1 Å². The molecule has 6 heteroatoms. The van der Waals surface area contributed by atoms with Crippen molar-refractivity contribution in [3.8, 4) is 5.75 Å². The van der Waals surface area contributed by atoms with Gasteiger partial charge in [-0.3, -0.25) is 0 Å². The average Bonchev–Trinajstić information content (AvgIpc) is 2.47. The third-order valence-electron chi connectivity index (χ3n) is 3.90. The number of rotatable bonds is 5. The van der Waals surface area contributed by atoms with Crippen LogP contribution >= 0.6 is 0 Å². The van der Waals surface area contributed by atoms with Crippen LogP contribution < -0.4 is 10.1 Å². The maximum absolute atomic E-state index is 12.2. The zero-order valence-corrected chi connectivity index (χ0v) is 13.7. The molecule has 0 amide bonds. The molecule has 0 radical (unpaired) electrons. The molecule has 0 aromatic heterocycles. The number of anilines is 1. The van der Waals surface area contributed by atoms with Crippen molar-refractivity contribution in [3.05, 3.63) is 18.2 Å². The Morgan fingerprint density at radius 3 is 2.43 bits per heavy atom. The van der Waals surface area contributed by atoms with E-state index in [1.165, 1.54) is 57.6 Å². The van der Waals surface area contributed by atoms with E-state index >= 15 is 0 Å². The lowest BCUT2D eigenvalue weighted by molar-refractivity contribution is 0.400. The summed E-state index contributed by atoms with van der Waals surface area (Å²) >= 11 is 0. The van der Waals surface area contributed by atoms with E-state index in [9.17, 15) is 8.42 Å². The van der Waals surface area contributed by atoms with Crippen LogP contribution in [0.5, 0.6) is 5.75 Å². The Hall–Kier alpha value is -1.27. The first-order valence-electron chi connectivity index (χ1n) is 7.32. The summed E-state index contributed by atoms with van der Waals surface area (Å²) in [5.41, 5.74) is 0.913. The van der Waals surface area contributed by atoms with E-state index < -0.39 is 10.0 Å². The summed E-state index contributed by atoms with van der Waals surface area (Å²) in [6, 6.07) is 5.66. The van der Waals surface area contributed by atoms with Gasteiger partial charge in [0, 0.05) is 31.9 Å². The third kappa shape index (κ3) is 3.68. The van der Waals surface area contributed by atoms with Gasteiger partial charge in [0.1, 0.15) is 10.6 Å². The van der Waals surface area contributed by atoms with E-state index in [4.69, 9.17) is 4.74 Å². The van der Waals surface area contributed by atoms with Gasteiger partial charge in [-0.1, -0.05) is 19.3 Å². The van der Waals surface area contributed by atoms with Gasteiger partial charge in [0.15, 0.2) is 0 Å². The Morgan fingerprint density at radius 2 is 1.86 bits per heavy atom. The van der Waals surface area contributed by atoms with Crippen LogP contribution in [0.4, 0.5) is 5.69 Å². The van der Waals surface area contributed by atoms with Crippen molar-refractivity contribution >= 4 is 15.7 Å². The highest BCUT2D eigenvalue weighted by Crippen LogP contribution is 2.30. The molecular formula is C15H24N2O3S. The number of ether oxygens (including phenoxy) is 1. The smallest absolute Gasteiger partial charge is 0.246 e. The second-order valence-corrected chi connectivity index (χ2v) is 7.75. The molecule has 2 rings (SSSR count). The molecule has 1 aromatic rings. The maximum atomic E-state index is 12.2. The summed E-state index contributed by atoms with van der Waals surface area (Å²) in [6.07, 6.45) is 6.14. The molecule has 0 spiro atoms. The second kappa shape index (κ2) is 6.66. The lowest BCUT2D eigenvalue weighted by atomic mass is 9.95. The molecule has 118 valence electrons. The highest BCUT2D eigenvalue weighted by atomic mass is 32.2. The Morgan fingerprint density at radius 1 is 1.19 bits per heavy atom. The number of methoxy groups -OCH3 is 1. The second-order valence-electron chi connectivity index (χ2n) is 5.63. The predicted molar refractivity (Wildman–Crippen MR) is 84.4 cm³/mol. The van der Waals surface area contributed by atoms with Crippen LogP contribution in [-0.2, 0) is 10.0 Å². The first-order valence-corrected chi connectivity index (χ1v) is 8.76. The van der Waals surface area contributed by atoms with Gasteiger partial charge >= 0.3 is 0 Å². The molecule has 5 nitrogen and oxygen atoms in total. The van der Waals surface area contributed by atoms with Crippen molar-refractivity contribution < 1.29 is 13.2 Å². The van der Waals surface area contributed by atoms with E-state index in [0.717, 1.165) is 5.69 Å². The van der Waals surface area contributed by atoms with Crippen molar-refractivity contribution in [1.29, 1.82) is 0 Å². The summed E-state index contributed by atoms with van der Waals surface area (Å²) in [7, 11) is 1.04. The van der Waals surface area contributed by atoms with Crippen molar-refractivity contribution in [1.82, 2.24) is 4.31 Å². The molecule has 1 aliphatic rings. The molecule has 0 aliphatic heterocycles. The third-order valence-corrected chi connectivity index (χ3v) is 5.75. The molecule has 1 aliphatic carbocycles. The van der Waals surface area contributed by atoms with Crippen LogP contribution in [0.2, 0.25) is 0 Å². The van der Waals surface area contributed by atoms with Crippen LogP contribution in [0.3, 0.4) is 0 Å². The monoisotopic (exact) mass is 312 g/mol. The van der Waals surface area contributed by atoms with Crippen LogP contribution in [0, 0.1) is 0 Å².